The molecular weight excluding hydrogens is 476 g/mol. The van der Waals surface area contributed by atoms with Crippen LogP contribution in [0.2, 0.25) is 0 Å². The third-order valence-corrected chi connectivity index (χ3v) is 8.21. The summed E-state index contributed by atoms with van der Waals surface area (Å²) in [7, 11) is -3.65. The topological polar surface area (TPSA) is 127 Å². The Morgan fingerprint density at radius 2 is 1.79 bits per heavy atom. The lowest BCUT2D eigenvalue weighted by Crippen LogP contribution is -2.18. The van der Waals surface area contributed by atoms with Crippen molar-refractivity contribution in [2.24, 2.45) is 0 Å². The number of phenolic OH excluding ortho intramolecular Hbond substituents is 1. The van der Waals surface area contributed by atoms with Crippen LogP contribution in [-0.2, 0) is 20.4 Å². The quantitative estimate of drug-likeness (QED) is 0.290. The number of nitrogens with one attached hydrogen (secondary N) is 1. The molecule has 0 saturated heterocycles. The van der Waals surface area contributed by atoms with E-state index in [1.165, 1.54) is 36.4 Å². The molecule has 0 aliphatic carbocycles. The number of hydrogen-bond donors (Lipinski definition) is 2. The maximum Gasteiger partial charge on any atom is 0.311 e. The normalized spacial score (nSPS) is 14.5. The monoisotopic (exact) mass is 496 g/mol. The molecule has 10 heteroatoms. The van der Waals surface area contributed by atoms with E-state index >= 15 is 0 Å². The van der Waals surface area contributed by atoms with Gasteiger partial charge in [-0.1, -0.05) is 36.0 Å². The smallest absolute Gasteiger partial charge is 0.311 e. The zero-order valence-electron chi connectivity index (χ0n) is 18.2. The molecule has 4 rings (SSSR count). The molecule has 0 aromatic heterocycles. The minimum absolute atomic E-state index is 0.108. The molecule has 1 aliphatic heterocycles. The highest BCUT2D eigenvalue weighted by molar-refractivity contribution is 8.04. The first-order valence-corrected chi connectivity index (χ1v) is 12.6. The number of anilines is 1. The van der Waals surface area contributed by atoms with Crippen molar-refractivity contribution in [1.82, 2.24) is 0 Å². The molecule has 3 aromatic carbocycles. The fraction of sp³-hybridized carbons (Fsp3) is 0.125. The molecule has 0 saturated carbocycles. The first-order chi connectivity index (χ1) is 16.0. The second-order valence-corrected chi connectivity index (χ2v) is 10.9. The number of hydrogen-bond acceptors (Lipinski definition) is 7. The van der Waals surface area contributed by atoms with Crippen LogP contribution in [0.25, 0.3) is 6.08 Å². The number of sulfone groups is 1. The Kier molecular flexibility index (Phi) is 6.20. The van der Waals surface area contributed by atoms with E-state index in [1.54, 1.807) is 6.07 Å². The highest BCUT2D eigenvalue weighted by atomic mass is 32.2. The van der Waals surface area contributed by atoms with Crippen LogP contribution >= 0.6 is 11.8 Å². The van der Waals surface area contributed by atoms with Crippen LogP contribution in [-0.4, -0.2) is 24.4 Å². The number of nitro benzene ring substituents is 1. The van der Waals surface area contributed by atoms with E-state index in [0.29, 0.717) is 16.1 Å². The molecule has 1 heterocycles. The van der Waals surface area contributed by atoms with Gasteiger partial charge in [0.25, 0.3) is 5.91 Å². The number of benzene rings is 3. The average molecular weight is 497 g/mol. The van der Waals surface area contributed by atoms with Gasteiger partial charge in [-0.3, -0.25) is 14.9 Å². The van der Waals surface area contributed by atoms with Crippen LogP contribution in [0.1, 0.15) is 22.3 Å². The first kappa shape index (κ1) is 23.5. The van der Waals surface area contributed by atoms with Crippen molar-refractivity contribution in [2.75, 3.05) is 5.32 Å². The standard InChI is InChI=1S/C24H20N2O6S2/c1-14-4-3-5-15(2)18(14)13-34(31,32)17-7-9-22-19(12-17)25-24(28)23(33-22)11-16-6-8-21(27)20(10-16)26(29)30/h3-12,27H,13H2,1-2H3,(H,25,28)/b23-11+. The van der Waals surface area contributed by atoms with Crippen molar-refractivity contribution in [3.8, 4) is 5.75 Å². The average Bonchev–Trinajstić information content (AvgIpc) is 2.77. The van der Waals surface area contributed by atoms with Crippen molar-refractivity contribution in [1.29, 1.82) is 0 Å². The summed E-state index contributed by atoms with van der Waals surface area (Å²) in [5.41, 5.74) is 2.84. The van der Waals surface area contributed by atoms with Gasteiger partial charge in [0.05, 0.1) is 26.2 Å². The Labute approximate surface area is 200 Å². The summed E-state index contributed by atoms with van der Waals surface area (Å²) in [6.45, 7) is 3.75. The number of rotatable bonds is 5. The third kappa shape index (κ3) is 4.68. The van der Waals surface area contributed by atoms with Gasteiger partial charge in [0.1, 0.15) is 0 Å². The fourth-order valence-electron chi connectivity index (χ4n) is 3.61. The molecule has 174 valence electrons. The number of carbonyl (C=O) groups is 1. The molecule has 0 bridgehead atoms. The Morgan fingerprint density at radius 3 is 2.47 bits per heavy atom. The van der Waals surface area contributed by atoms with Crippen LogP contribution in [0, 0.1) is 24.0 Å². The number of nitrogens with zero attached hydrogens (tertiary/aromatic N) is 1. The molecule has 3 aromatic rings. The largest absolute Gasteiger partial charge is 0.502 e. The lowest BCUT2D eigenvalue weighted by Gasteiger charge is -2.20. The molecule has 8 nitrogen and oxygen atoms in total. The van der Waals surface area contributed by atoms with Gasteiger partial charge in [0, 0.05) is 11.0 Å². The summed E-state index contributed by atoms with van der Waals surface area (Å²) >= 11 is 1.13. The zero-order chi connectivity index (χ0) is 24.6. The maximum atomic E-state index is 13.1. The van der Waals surface area contributed by atoms with E-state index in [0.717, 1.165) is 28.5 Å². The molecule has 0 atom stereocenters. The number of phenols is 1. The summed E-state index contributed by atoms with van der Waals surface area (Å²) < 4.78 is 26.2. The van der Waals surface area contributed by atoms with Gasteiger partial charge in [0.2, 0.25) is 0 Å². The number of aromatic hydroxyl groups is 1. The van der Waals surface area contributed by atoms with E-state index in [-0.39, 0.29) is 15.6 Å². The van der Waals surface area contributed by atoms with Crippen molar-refractivity contribution in [3.63, 3.8) is 0 Å². The van der Waals surface area contributed by atoms with Gasteiger partial charge in [-0.25, -0.2) is 8.42 Å². The molecule has 0 spiro atoms. The SMILES string of the molecule is Cc1cccc(C)c1CS(=O)(=O)c1ccc2c(c1)NC(=O)/C(=C\c1ccc(O)c([N+](=O)[O-])c1)S2. The minimum Gasteiger partial charge on any atom is -0.502 e. The second kappa shape index (κ2) is 8.96. The third-order valence-electron chi connectivity index (χ3n) is 5.47. The van der Waals surface area contributed by atoms with Crippen LogP contribution in [0.15, 0.2) is 69.3 Å². The zero-order valence-corrected chi connectivity index (χ0v) is 19.9. The number of amides is 1. The van der Waals surface area contributed by atoms with E-state index in [1.807, 2.05) is 32.0 Å². The van der Waals surface area contributed by atoms with Crippen LogP contribution in [0.4, 0.5) is 11.4 Å². The summed E-state index contributed by atoms with van der Waals surface area (Å²) in [5.74, 6) is -1.07. The van der Waals surface area contributed by atoms with Crippen molar-refractivity contribution < 1.29 is 23.2 Å². The summed E-state index contributed by atoms with van der Waals surface area (Å²) in [4.78, 5) is 24.0. The highest BCUT2D eigenvalue weighted by Crippen LogP contribution is 2.40. The number of nitro groups is 1. The lowest BCUT2D eigenvalue weighted by molar-refractivity contribution is -0.385. The number of thioether (sulfide) groups is 1. The minimum atomic E-state index is -3.65. The molecule has 0 fully saturated rings. The van der Waals surface area contributed by atoms with Crippen LogP contribution in [0.5, 0.6) is 5.75 Å². The number of aryl methyl sites for hydroxylation is 2. The van der Waals surface area contributed by atoms with Gasteiger partial charge in [-0.15, -0.1) is 0 Å². The van der Waals surface area contributed by atoms with Gasteiger partial charge in [-0.05, 0) is 66.4 Å². The van der Waals surface area contributed by atoms with Gasteiger partial charge < -0.3 is 10.4 Å². The lowest BCUT2D eigenvalue weighted by atomic mass is 10.1. The predicted octanol–water partition coefficient (Wildman–Crippen LogP) is 4.98. The van der Waals surface area contributed by atoms with Gasteiger partial charge >= 0.3 is 5.69 Å². The van der Waals surface area contributed by atoms with Crippen LogP contribution < -0.4 is 5.32 Å². The molecular formula is C24H20N2O6S2. The summed E-state index contributed by atoms with van der Waals surface area (Å²) in [5, 5.41) is 23.4. The highest BCUT2D eigenvalue weighted by Gasteiger charge is 2.25. The van der Waals surface area contributed by atoms with Gasteiger partial charge in [-0.2, -0.15) is 0 Å². The number of carbonyl (C=O) groups excluding carboxylic acids is 1. The van der Waals surface area contributed by atoms with Gasteiger partial charge in [0.15, 0.2) is 15.6 Å². The first-order valence-electron chi connectivity index (χ1n) is 10.2. The Morgan fingerprint density at radius 1 is 1.09 bits per heavy atom. The van der Waals surface area contributed by atoms with Crippen LogP contribution in [0.3, 0.4) is 0 Å². The van der Waals surface area contributed by atoms with Crippen molar-refractivity contribution in [2.45, 2.75) is 29.4 Å². The van der Waals surface area contributed by atoms with Crippen molar-refractivity contribution >= 4 is 45.0 Å². The van der Waals surface area contributed by atoms with E-state index in [9.17, 15) is 28.4 Å². The molecule has 0 radical (unpaired) electrons. The number of fused-ring (bicyclic) bond motifs is 1. The second-order valence-electron chi connectivity index (χ2n) is 7.86. The molecule has 1 aliphatic rings. The molecule has 2 N–H and O–H groups in total. The predicted molar refractivity (Wildman–Crippen MR) is 130 cm³/mol. The molecule has 34 heavy (non-hydrogen) atoms. The van der Waals surface area contributed by atoms with E-state index < -0.39 is 32.1 Å². The fourth-order valence-corrected chi connectivity index (χ4v) is 6.12. The summed E-state index contributed by atoms with van der Waals surface area (Å²) in [6.07, 6.45) is 1.47. The summed E-state index contributed by atoms with van der Waals surface area (Å²) in [6, 6.07) is 14.0. The van der Waals surface area contributed by atoms with Crippen molar-refractivity contribution in [3.05, 3.63) is 91.9 Å². The Hall–Kier alpha value is -3.63. The Bertz CT molecular complexity index is 1460. The molecule has 1 amide bonds. The maximum absolute atomic E-state index is 13.1. The van der Waals surface area contributed by atoms with E-state index in [4.69, 9.17) is 0 Å². The molecule has 0 unspecified atom stereocenters. The Balaban J connectivity index is 1.62. The van der Waals surface area contributed by atoms with E-state index in [2.05, 4.69) is 5.32 Å².